The van der Waals surface area contributed by atoms with E-state index >= 15 is 0 Å². The topological polar surface area (TPSA) is 35.6 Å². The van der Waals surface area contributed by atoms with E-state index in [2.05, 4.69) is 198 Å². The molecule has 0 saturated heterocycles. The van der Waals surface area contributed by atoms with E-state index in [9.17, 15) is 0 Å². The van der Waals surface area contributed by atoms with E-state index in [0.29, 0.717) is 0 Å². The number of hydrogen-bond acceptors (Lipinski definition) is 2. The Morgan fingerprint density at radius 3 is 1.47 bits per heavy atom. The van der Waals surface area contributed by atoms with E-state index in [1.54, 1.807) is 0 Å². The number of nitrogens with zero attached hydrogens (tertiary/aromatic N) is 4. The lowest BCUT2D eigenvalue weighted by Gasteiger charge is -2.16. The zero-order chi connectivity index (χ0) is 36.7. The van der Waals surface area contributed by atoms with Crippen LogP contribution in [0.25, 0.3) is 89.3 Å². The quantitative estimate of drug-likeness (QED) is 0.166. The van der Waals surface area contributed by atoms with Gasteiger partial charge in [0.15, 0.2) is 11.6 Å². The minimum Gasteiger partial charge on any atom is -0.309 e. The van der Waals surface area contributed by atoms with Crippen LogP contribution in [-0.4, -0.2) is 19.3 Å². The minimum atomic E-state index is 0.803. The highest BCUT2D eigenvalue weighted by molar-refractivity contribution is 6.11. The highest BCUT2D eigenvalue weighted by Crippen LogP contribution is 2.41. The summed E-state index contributed by atoms with van der Waals surface area (Å²) in [5.74, 6) is 1.62. The van der Waals surface area contributed by atoms with Crippen molar-refractivity contribution in [1.82, 2.24) is 19.3 Å². The second kappa shape index (κ2) is 13.6. The Kier molecular flexibility index (Phi) is 8.00. The van der Waals surface area contributed by atoms with Crippen molar-refractivity contribution in [2.24, 2.45) is 0 Å². The summed E-state index contributed by atoms with van der Waals surface area (Å²) in [6.07, 6.45) is 0. The molecular formula is C51H36N4. The van der Waals surface area contributed by atoms with Gasteiger partial charge in [-0.15, -0.1) is 10.2 Å². The number of rotatable bonds is 7. The molecule has 0 spiro atoms. The van der Waals surface area contributed by atoms with Gasteiger partial charge in [0.25, 0.3) is 0 Å². The highest BCUT2D eigenvalue weighted by Gasteiger charge is 2.19. The maximum atomic E-state index is 4.74. The molecule has 0 N–H and O–H groups in total. The molecule has 2 heterocycles. The molecule has 2 aromatic heterocycles. The van der Waals surface area contributed by atoms with E-state index < -0.39 is 0 Å². The molecule has 10 rings (SSSR count). The first kappa shape index (κ1) is 32.4. The highest BCUT2D eigenvalue weighted by atomic mass is 15.3. The van der Waals surface area contributed by atoms with Gasteiger partial charge in [-0.1, -0.05) is 163 Å². The molecule has 4 nitrogen and oxygen atoms in total. The molecule has 0 radical (unpaired) electrons. The Balaban J connectivity index is 1.06. The van der Waals surface area contributed by atoms with Crippen LogP contribution < -0.4 is 0 Å². The second-order valence-electron chi connectivity index (χ2n) is 14.0. The van der Waals surface area contributed by atoms with Crippen LogP contribution >= 0.6 is 0 Å². The van der Waals surface area contributed by atoms with Gasteiger partial charge >= 0.3 is 0 Å². The normalized spacial score (nSPS) is 11.4. The SMILES string of the molecule is Cc1ccc(-n2c(-c3ccccc3)nnc2-c2ccc(-c3ccccc3-c3ccccc3-c3ccc4c(c3)c3ccccc3n4-c3ccccc3)cc2)cc1. The van der Waals surface area contributed by atoms with E-state index in [0.717, 1.165) is 39.7 Å². The first-order valence-electron chi connectivity index (χ1n) is 18.7. The minimum absolute atomic E-state index is 0.803. The third-order valence-electron chi connectivity index (χ3n) is 10.6. The van der Waals surface area contributed by atoms with Crippen molar-refractivity contribution in [3.05, 3.63) is 206 Å². The fraction of sp³-hybridized carbons (Fsp3) is 0.0196. The van der Waals surface area contributed by atoms with Crippen molar-refractivity contribution in [1.29, 1.82) is 0 Å². The molecule has 10 aromatic rings. The summed E-state index contributed by atoms with van der Waals surface area (Å²) in [6, 6.07) is 71.3. The zero-order valence-electron chi connectivity index (χ0n) is 30.3. The van der Waals surface area contributed by atoms with E-state index in [-0.39, 0.29) is 0 Å². The summed E-state index contributed by atoms with van der Waals surface area (Å²) < 4.78 is 4.52. The van der Waals surface area contributed by atoms with Crippen LogP contribution in [0.15, 0.2) is 200 Å². The predicted octanol–water partition coefficient (Wildman–Crippen LogP) is 13.0. The number of benzene rings is 8. The summed E-state index contributed by atoms with van der Waals surface area (Å²) in [7, 11) is 0. The van der Waals surface area contributed by atoms with E-state index in [1.165, 1.54) is 55.2 Å². The average molecular weight is 705 g/mol. The van der Waals surface area contributed by atoms with Crippen molar-refractivity contribution in [3.63, 3.8) is 0 Å². The Hall–Kier alpha value is -7.30. The van der Waals surface area contributed by atoms with Crippen molar-refractivity contribution >= 4 is 21.8 Å². The van der Waals surface area contributed by atoms with Gasteiger partial charge in [0.2, 0.25) is 0 Å². The van der Waals surface area contributed by atoms with E-state index in [4.69, 9.17) is 10.2 Å². The summed E-state index contributed by atoms with van der Waals surface area (Å²) >= 11 is 0. The lowest BCUT2D eigenvalue weighted by Crippen LogP contribution is -2.00. The molecule has 0 unspecified atom stereocenters. The van der Waals surface area contributed by atoms with Gasteiger partial charge in [0, 0.05) is 33.3 Å². The standard InChI is InChI=1S/C51H36N4/c1-35-24-31-41(32-25-35)55-50(37-14-4-2-5-15-37)52-53-51(55)38-28-26-36(27-29-38)42-18-8-10-20-44(42)45-21-11-9-19-43(45)39-30-33-49-47(34-39)46-22-12-13-23-48(46)54(49)40-16-6-3-7-17-40/h2-34H,1H3. The molecular weight excluding hydrogens is 669 g/mol. The van der Waals surface area contributed by atoms with Crippen LogP contribution in [0.1, 0.15) is 5.56 Å². The van der Waals surface area contributed by atoms with Crippen LogP contribution in [-0.2, 0) is 0 Å². The Morgan fingerprint density at radius 2 is 0.800 bits per heavy atom. The fourth-order valence-electron chi connectivity index (χ4n) is 7.92. The Labute approximate surface area is 320 Å². The molecule has 0 amide bonds. The first-order valence-corrected chi connectivity index (χ1v) is 18.7. The monoisotopic (exact) mass is 704 g/mol. The van der Waals surface area contributed by atoms with Gasteiger partial charge in [-0.2, -0.15) is 0 Å². The first-order chi connectivity index (χ1) is 27.2. The average Bonchev–Trinajstić information content (AvgIpc) is 3.85. The van der Waals surface area contributed by atoms with Crippen LogP contribution in [0.3, 0.4) is 0 Å². The number of aryl methyl sites for hydroxylation is 1. The fourth-order valence-corrected chi connectivity index (χ4v) is 7.92. The maximum absolute atomic E-state index is 4.74. The molecule has 4 heteroatoms. The summed E-state index contributed by atoms with van der Waals surface area (Å²) in [5, 5.41) is 11.9. The summed E-state index contributed by atoms with van der Waals surface area (Å²) in [5.41, 5.74) is 14.9. The molecule has 0 saturated carbocycles. The molecule has 0 atom stereocenters. The number of aromatic nitrogens is 4. The van der Waals surface area contributed by atoms with Gasteiger partial charge in [0.05, 0.1) is 11.0 Å². The van der Waals surface area contributed by atoms with Gasteiger partial charge in [0.1, 0.15) is 0 Å². The van der Waals surface area contributed by atoms with Crippen molar-refractivity contribution < 1.29 is 0 Å². The largest absolute Gasteiger partial charge is 0.309 e. The van der Waals surface area contributed by atoms with Gasteiger partial charge < -0.3 is 4.57 Å². The van der Waals surface area contributed by atoms with Crippen molar-refractivity contribution in [2.75, 3.05) is 0 Å². The van der Waals surface area contributed by atoms with Crippen molar-refractivity contribution in [3.8, 4) is 67.5 Å². The number of hydrogen-bond donors (Lipinski definition) is 0. The Bertz CT molecular complexity index is 2960. The molecule has 0 bridgehead atoms. The second-order valence-corrected chi connectivity index (χ2v) is 14.0. The summed E-state index contributed by atoms with van der Waals surface area (Å²) in [4.78, 5) is 0. The van der Waals surface area contributed by atoms with Gasteiger partial charge in [-0.05, 0) is 82.8 Å². The zero-order valence-corrected chi connectivity index (χ0v) is 30.3. The Morgan fingerprint density at radius 1 is 0.327 bits per heavy atom. The predicted molar refractivity (Wildman–Crippen MR) is 228 cm³/mol. The van der Waals surface area contributed by atoms with Gasteiger partial charge in [-0.25, -0.2) is 0 Å². The molecule has 0 aliphatic heterocycles. The van der Waals surface area contributed by atoms with Gasteiger partial charge in [-0.3, -0.25) is 4.57 Å². The van der Waals surface area contributed by atoms with Crippen LogP contribution in [0, 0.1) is 6.92 Å². The molecule has 0 aliphatic rings. The summed E-state index contributed by atoms with van der Waals surface area (Å²) in [6.45, 7) is 2.11. The third-order valence-corrected chi connectivity index (χ3v) is 10.6. The number of fused-ring (bicyclic) bond motifs is 3. The van der Waals surface area contributed by atoms with Crippen molar-refractivity contribution in [2.45, 2.75) is 6.92 Å². The van der Waals surface area contributed by atoms with Crippen LogP contribution in [0.2, 0.25) is 0 Å². The molecule has 55 heavy (non-hydrogen) atoms. The molecule has 0 fully saturated rings. The lowest BCUT2D eigenvalue weighted by atomic mass is 9.89. The van der Waals surface area contributed by atoms with E-state index in [1.807, 2.05) is 18.2 Å². The third kappa shape index (κ3) is 5.72. The lowest BCUT2D eigenvalue weighted by molar-refractivity contribution is 1.07. The van der Waals surface area contributed by atoms with Crippen LogP contribution in [0.5, 0.6) is 0 Å². The van der Waals surface area contributed by atoms with Crippen LogP contribution in [0.4, 0.5) is 0 Å². The molecule has 0 aliphatic carbocycles. The maximum Gasteiger partial charge on any atom is 0.168 e. The number of para-hydroxylation sites is 2. The smallest absolute Gasteiger partial charge is 0.168 e. The molecule has 260 valence electrons. The molecule has 8 aromatic carbocycles.